The molecule has 2 saturated heterocycles. The quantitative estimate of drug-likeness (QED) is 0.817. The van der Waals surface area contributed by atoms with E-state index in [4.69, 9.17) is 0 Å². The van der Waals surface area contributed by atoms with Crippen LogP contribution in [-0.2, 0) is 11.3 Å². The summed E-state index contributed by atoms with van der Waals surface area (Å²) < 4.78 is 0. The Labute approximate surface area is 114 Å². The zero-order valence-corrected chi connectivity index (χ0v) is 11.2. The number of rotatable bonds is 2. The number of nitrogens with zero attached hydrogens (tertiary/aromatic N) is 1. The van der Waals surface area contributed by atoms with Crippen molar-refractivity contribution in [3.05, 3.63) is 35.9 Å². The van der Waals surface area contributed by atoms with Crippen molar-refractivity contribution in [1.29, 1.82) is 0 Å². The summed E-state index contributed by atoms with van der Waals surface area (Å²) >= 11 is 0. The SMILES string of the molecule is O=C1CC2(CNCCN(Cc3ccccc3)C2)CN1. The highest BCUT2D eigenvalue weighted by atomic mass is 16.1. The Balaban J connectivity index is 1.70. The summed E-state index contributed by atoms with van der Waals surface area (Å²) in [5.41, 5.74) is 1.43. The van der Waals surface area contributed by atoms with Crippen LogP contribution in [0, 0.1) is 5.41 Å². The van der Waals surface area contributed by atoms with Crippen LogP contribution in [0.2, 0.25) is 0 Å². The van der Waals surface area contributed by atoms with Gasteiger partial charge in [0, 0.05) is 51.1 Å². The van der Waals surface area contributed by atoms with Crippen molar-refractivity contribution in [2.75, 3.05) is 32.7 Å². The third-order valence-electron chi connectivity index (χ3n) is 4.11. The first kappa shape index (κ1) is 12.6. The Morgan fingerprint density at radius 2 is 2.05 bits per heavy atom. The fraction of sp³-hybridized carbons (Fsp3) is 0.533. The van der Waals surface area contributed by atoms with Gasteiger partial charge in [-0.15, -0.1) is 0 Å². The fourth-order valence-electron chi connectivity index (χ4n) is 3.17. The van der Waals surface area contributed by atoms with Gasteiger partial charge in [0.15, 0.2) is 0 Å². The van der Waals surface area contributed by atoms with Gasteiger partial charge in [-0.3, -0.25) is 9.69 Å². The lowest BCUT2D eigenvalue weighted by atomic mass is 9.86. The highest BCUT2D eigenvalue weighted by Gasteiger charge is 2.40. The lowest BCUT2D eigenvalue weighted by molar-refractivity contribution is -0.119. The second-order valence-corrected chi connectivity index (χ2v) is 5.83. The van der Waals surface area contributed by atoms with Gasteiger partial charge in [0.1, 0.15) is 0 Å². The van der Waals surface area contributed by atoms with Crippen LogP contribution in [0.5, 0.6) is 0 Å². The second kappa shape index (κ2) is 5.31. The Hall–Kier alpha value is -1.39. The molecule has 1 amide bonds. The third kappa shape index (κ3) is 2.96. The standard InChI is InChI=1S/C15H21N3O/c19-14-8-15(11-17-14)10-16-6-7-18(12-15)9-13-4-2-1-3-5-13/h1-5,16H,6-12H2,(H,17,19). The maximum atomic E-state index is 11.5. The molecule has 1 aromatic rings. The Morgan fingerprint density at radius 1 is 1.21 bits per heavy atom. The maximum absolute atomic E-state index is 11.5. The summed E-state index contributed by atoms with van der Waals surface area (Å²) in [6.45, 7) is 5.76. The van der Waals surface area contributed by atoms with E-state index in [9.17, 15) is 4.79 Å². The van der Waals surface area contributed by atoms with Crippen LogP contribution in [0.1, 0.15) is 12.0 Å². The summed E-state index contributed by atoms with van der Waals surface area (Å²) in [7, 11) is 0. The topological polar surface area (TPSA) is 44.4 Å². The number of hydrogen-bond acceptors (Lipinski definition) is 3. The highest BCUT2D eigenvalue weighted by Crippen LogP contribution is 2.28. The average Bonchev–Trinajstić information content (AvgIpc) is 2.65. The molecule has 0 saturated carbocycles. The van der Waals surface area contributed by atoms with Crippen molar-refractivity contribution in [2.24, 2.45) is 5.41 Å². The lowest BCUT2D eigenvalue weighted by Gasteiger charge is -2.30. The van der Waals surface area contributed by atoms with Gasteiger partial charge >= 0.3 is 0 Å². The molecule has 19 heavy (non-hydrogen) atoms. The van der Waals surface area contributed by atoms with E-state index in [0.717, 1.165) is 39.3 Å². The van der Waals surface area contributed by atoms with E-state index < -0.39 is 0 Å². The van der Waals surface area contributed by atoms with Gasteiger partial charge in [0.25, 0.3) is 0 Å². The van der Waals surface area contributed by atoms with Crippen LogP contribution in [-0.4, -0.2) is 43.5 Å². The van der Waals surface area contributed by atoms with Gasteiger partial charge < -0.3 is 10.6 Å². The molecule has 2 heterocycles. The minimum atomic E-state index is 0.0857. The molecule has 0 bridgehead atoms. The number of carbonyl (C=O) groups excluding carboxylic acids is 1. The van der Waals surface area contributed by atoms with Crippen molar-refractivity contribution in [3.63, 3.8) is 0 Å². The van der Waals surface area contributed by atoms with Gasteiger partial charge in [0.2, 0.25) is 5.91 Å². The monoisotopic (exact) mass is 259 g/mol. The molecule has 1 atom stereocenters. The first-order chi connectivity index (χ1) is 9.26. The smallest absolute Gasteiger partial charge is 0.220 e. The largest absolute Gasteiger partial charge is 0.355 e. The highest BCUT2D eigenvalue weighted by molar-refractivity contribution is 5.79. The van der Waals surface area contributed by atoms with Gasteiger partial charge in [0.05, 0.1) is 0 Å². The third-order valence-corrected chi connectivity index (χ3v) is 4.11. The molecule has 2 N–H and O–H groups in total. The van der Waals surface area contributed by atoms with Crippen molar-refractivity contribution in [1.82, 2.24) is 15.5 Å². The first-order valence-electron chi connectivity index (χ1n) is 7.00. The molecular formula is C15H21N3O. The van der Waals surface area contributed by atoms with Crippen molar-refractivity contribution < 1.29 is 4.79 Å². The summed E-state index contributed by atoms with van der Waals surface area (Å²) in [5, 5.41) is 6.47. The van der Waals surface area contributed by atoms with Crippen LogP contribution in [0.3, 0.4) is 0 Å². The summed E-state index contributed by atoms with van der Waals surface area (Å²) in [5.74, 6) is 0.198. The summed E-state index contributed by atoms with van der Waals surface area (Å²) in [4.78, 5) is 14.0. The van der Waals surface area contributed by atoms with E-state index in [0.29, 0.717) is 6.42 Å². The molecule has 2 fully saturated rings. The molecule has 0 aliphatic carbocycles. The Bertz CT molecular complexity index is 448. The fourth-order valence-corrected chi connectivity index (χ4v) is 3.17. The van der Waals surface area contributed by atoms with Crippen LogP contribution >= 0.6 is 0 Å². The van der Waals surface area contributed by atoms with Gasteiger partial charge in [-0.25, -0.2) is 0 Å². The number of nitrogens with one attached hydrogen (secondary N) is 2. The molecule has 1 unspecified atom stereocenters. The predicted molar refractivity (Wildman–Crippen MR) is 74.6 cm³/mol. The Kier molecular flexibility index (Phi) is 3.53. The zero-order chi connectivity index (χ0) is 13.1. The van der Waals surface area contributed by atoms with Crippen molar-refractivity contribution >= 4 is 5.91 Å². The minimum Gasteiger partial charge on any atom is -0.355 e. The van der Waals surface area contributed by atoms with Crippen LogP contribution in [0.25, 0.3) is 0 Å². The van der Waals surface area contributed by atoms with Gasteiger partial charge in [-0.05, 0) is 5.56 Å². The average molecular weight is 259 g/mol. The normalized spacial score (nSPS) is 28.3. The molecule has 3 rings (SSSR count). The van der Waals surface area contributed by atoms with E-state index in [1.165, 1.54) is 5.56 Å². The summed E-state index contributed by atoms with van der Waals surface area (Å²) in [6, 6.07) is 10.6. The summed E-state index contributed by atoms with van der Waals surface area (Å²) in [6.07, 6.45) is 0.658. The van der Waals surface area contributed by atoms with E-state index in [2.05, 4.69) is 45.9 Å². The number of hydrogen-bond donors (Lipinski definition) is 2. The van der Waals surface area contributed by atoms with Gasteiger partial charge in [-0.1, -0.05) is 30.3 Å². The van der Waals surface area contributed by atoms with E-state index in [-0.39, 0.29) is 11.3 Å². The molecule has 4 heteroatoms. The molecule has 1 spiro atoms. The molecular weight excluding hydrogens is 238 g/mol. The van der Waals surface area contributed by atoms with E-state index in [1.807, 2.05) is 0 Å². The second-order valence-electron chi connectivity index (χ2n) is 5.83. The van der Waals surface area contributed by atoms with Gasteiger partial charge in [-0.2, -0.15) is 0 Å². The molecule has 1 aromatic carbocycles. The molecule has 0 aromatic heterocycles. The van der Waals surface area contributed by atoms with Crippen molar-refractivity contribution in [2.45, 2.75) is 13.0 Å². The maximum Gasteiger partial charge on any atom is 0.220 e. The van der Waals surface area contributed by atoms with E-state index >= 15 is 0 Å². The van der Waals surface area contributed by atoms with Crippen LogP contribution in [0.15, 0.2) is 30.3 Å². The number of benzene rings is 1. The number of carbonyl (C=O) groups is 1. The van der Waals surface area contributed by atoms with Crippen LogP contribution < -0.4 is 10.6 Å². The molecule has 2 aliphatic rings. The Morgan fingerprint density at radius 3 is 2.79 bits per heavy atom. The molecule has 0 radical (unpaired) electrons. The number of amides is 1. The predicted octanol–water partition coefficient (Wildman–Crippen LogP) is 0.598. The minimum absolute atomic E-state index is 0.0857. The lowest BCUT2D eigenvalue weighted by Crippen LogP contribution is -2.41. The van der Waals surface area contributed by atoms with E-state index in [1.54, 1.807) is 0 Å². The molecule has 2 aliphatic heterocycles. The first-order valence-corrected chi connectivity index (χ1v) is 7.00. The molecule has 4 nitrogen and oxygen atoms in total. The van der Waals surface area contributed by atoms with Crippen molar-refractivity contribution in [3.8, 4) is 0 Å². The molecule has 102 valence electrons. The zero-order valence-electron chi connectivity index (χ0n) is 11.2. The van der Waals surface area contributed by atoms with Crippen LogP contribution in [0.4, 0.5) is 0 Å².